The predicted octanol–water partition coefficient (Wildman–Crippen LogP) is 10.2. The quantitative estimate of drug-likeness (QED) is 0.261. The fraction of sp³-hybridized carbons (Fsp3) is 0.265. The Bertz CT molecular complexity index is 1460. The Morgan fingerprint density at radius 2 is 1.67 bits per heavy atom. The maximum absolute atomic E-state index is 4.82. The Morgan fingerprint density at radius 1 is 0.972 bits per heavy atom. The highest BCUT2D eigenvalue weighted by atomic mass is 32.1. The van der Waals surface area contributed by atoms with Crippen LogP contribution in [0.5, 0.6) is 0 Å². The normalized spacial score (nSPS) is 20.7. The van der Waals surface area contributed by atoms with Crippen LogP contribution in [0.4, 0.5) is 0 Å². The van der Waals surface area contributed by atoms with Gasteiger partial charge in [0.25, 0.3) is 0 Å². The first-order valence-electron chi connectivity index (χ1n) is 13.1. The lowest BCUT2D eigenvalue weighted by Crippen LogP contribution is -2.28. The van der Waals surface area contributed by atoms with Crippen LogP contribution in [0.25, 0.3) is 37.5 Å². The Hall–Kier alpha value is -3.23. The first-order chi connectivity index (χ1) is 17.4. The molecule has 0 N–H and O–H groups in total. The van der Waals surface area contributed by atoms with Crippen LogP contribution in [0, 0.1) is 5.92 Å². The van der Waals surface area contributed by atoms with Crippen LogP contribution >= 0.6 is 11.3 Å². The van der Waals surface area contributed by atoms with Crippen molar-refractivity contribution < 1.29 is 0 Å². The molecule has 0 amide bonds. The van der Waals surface area contributed by atoms with E-state index in [0.29, 0.717) is 5.92 Å². The van der Waals surface area contributed by atoms with Crippen molar-refractivity contribution in [2.24, 2.45) is 5.92 Å². The number of thiazole rings is 1. The number of benzene rings is 3. The summed E-state index contributed by atoms with van der Waals surface area (Å²) < 4.78 is 1.23. The van der Waals surface area contributed by atoms with E-state index in [1.165, 1.54) is 49.2 Å². The lowest BCUT2D eigenvalue weighted by molar-refractivity contribution is 0.569. The van der Waals surface area contributed by atoms with Gasteiger partial charge in [-0.05, 0) is 77.3 Å². The summed E-state index contributed by atoms with van der Waals surface area (Å²) in [6.07, 6.45) is 6.76. The van der Waals surface area contributed by atoms with Crippen molar-refractivity contribution in [2.45, 2.75) is 52.9 Å². The number of nitrogens with zero attached hydrogens (tertiary/aromatic N) is 1. The summed E-state index contributed by atoms with van der Waals surface area (Å²) in [5.41, 5.74) is 12.0. The summed E-state index contributed by atoms with van der Waals surface area (Å²) in [5.74, 6) is 0.562. The smallest absolute Gasteiger partial charge is 0.124 e. The molecule has 1 heterocycles. The molecule has 0 radical (unpaired) electrons. The zero-order valence-corrected chi connectivity index (χ0v) is 22.9. The second kappa shape index (κ2) is 9.67. The van der Waals surface area contributed by atoms with Gasteiger partial charge in [-0.15, -0.1) is 17.9 Å². The second-order valence-corrected chi connectivity index (χ2v) is 11.2. The molecule has 6 rings (SSSR count). The van der Waals surface area contributed by atoms with Gasteiger partial charge in [0.05, 0.1) is 10.2 Å². The molecule has 2 aliphatic carbocycles. The average Bonchev–Trinajstić information content (AvgIpc) is 3.34. The molecule has 0 saturated heterocycles. The van der Waals surface area contributed by atoms with E-state index >= 15 is 0 Å². The molecule has 2 atom stereocenters. The van der Waals surface area contributed by atoms with E-state index in [-0.39, 0.29) is 5.41 Å². The molecule has 1 aromatic heterocycles. The zero-order chi connectivity index (χ0) is 25.4. The van der Waals surface area contributed by atoms with Crippen molar-refractivity contribution in [1.29, 1.82) is 0 Å². The van der Waals surface area contributed by atoms with Gasteiger partial charge < -0.3 is 0 Å². The molecule has 0 aliphatic heterocycles. The summed E-state index contributed by atoms with van der Waals surface area (Å²) in [6.45, 7) is 15.2. The molecule has 0 saturated carbocycles. The van der Waals surface area contributed by atoms with E-state index in [4.69, 9.17) is 4.98 Å². The highest BCUT2D eigenvalue weighted by Crippen LogP contribution is 2.50. The third-order valence-electron chi connectivity index (χ3n) is 7.58. The van der Waals surface area contributed by atoms with Gasteiger partial charge in [0, 0.05) is 11.0 Å². The van der Waals surface area contributed by atoms with E-state index in [1.54, 1.807) is 11.3 Å². The van der Waals surface area contributed by atoms with E-state index < -0.39 is 0 Å². The molecule has 0 spiro atoms. The molecule has 3 aromatic carbocycles. The molecular formula is C34H35NS. The highest BCUT2D eigenvalue weighted by molar-refractivity contribution is 7.21. The highest BCUT2D eigenvalue weighted by Gasteiger charge is 2.36. The van der Waals surface area contributed by atoms with Crippen LogP contribution in [-0.2, 0) is 5.41 Å². The fourth-order valence-corrected chi connectivity index (χ4v) is 6.80. The van der Waals surface area contributed by atoms with Gasteiger partial charge in [0.1, 0.15) is 5.01 Å². The van der Waals surface area contributed by atoms with Gasteiger partial charge in [-0.25, -0.2) is 4.98 Å². The molecule has 0 fully saturated rings. The SMILES string of the molecule is C=CC1(C)CC2=C(c3ccc(-c4ccc(-c5nc6ccccc6s5)cc4)cc31)C(C)CC(C)=C2.CC. The third-order valence-corrected chi connectivity index (χ3v) is 8.67. The molecule has 0 bridgehead atoms. The van der Waals surface area contributed by atoms with Crippen LogP contribution < -0.4 is 0 Å². The van der Waals surface area contributed by atoms with E-state index in [0.717, 1.165) is 23.4 Å². The van der Waals surface area contributed by atoms with Crippen LogP contribution in [0.1, 0.15) is 58.6 Å². The molecule has 1 nitrogen and oxygen atoms in total. The number of para-hydroxylation sites is 1. The molecule has 36 heavy (non-hydrogen) atoms. The first kappa shape index (κ1) is 24.5. The van der Waals surface area contributed by atoms with Crippen LogP contribution in [0.2, 0.25) is 0 Å². The molecule has 2 heteroatoms. The summed E-state index contributed by atoms with van der Waals surface area (Å²) in [7, 11) is 0. The summed E-state index contributed by atoms with van der Waals surface area (Å²) in [6, 6.07) is 24.3. The number of hydrogen-bond acceptors (Lipinski definition) is 2. The fourth-order valence-electron chi connectivity index (χ4n) is 5.83. The monoisotopic (exact) mass is 489 g/mol. The second-order valence-electron chi connectivity index (χ2n) is 10.2. The van der Waals surface area contributed by atoms with Crippen molar-refractivity contribution in [2.75, 3.05) is 0 Å². The number of aromatic nitrogens is 1. The minimum absolute atomic E-state index is 0.0566. The standard InChI is InChI=1S/C32H29NS.C2H6/c1-5-32(4)19-25-17-20(2)16-21(3)30(25)26-15-14-24(18-27(26)32)22-10-12-23(13-11-22)31-33-28-8-6-7-9-29(28)34-31;1-2/h5-15,17-18,21H,1,16,19H2,2-4H3;1-2H3. The van der Waals surface area contributed by atoms with Crippen molar-refractivity contribution in [3.63, 3.8) is 0 Å². The van der Waals surface area contributed by atoms with Gasteiger partial charge in [-0.2, -0.15) is 0 Å². The van der Waals surface area contributed by atoms with Crippen LogP contribution in [0.3, 0.4) is 0 Å². The summed E-state index contributed by atoms with van der Waals surface area (Å²) in [5, 5.41) is 1.08. The maximum atomic E-state index is 4.82. The lowest BCUT2D eigenvalue weighted by Gasteiger charge is -2.39. The molecule has 2 unspecified atom stereocenters. The number of rotatable bonds is 3. The molecule has 4 aromatic rings. The van der Waals surface area contributed by atoms with Gasteiger partial charge >= 0.3 is 0 Å². The van der Waals surface area contributed by atoms with Gasteiger partial charge in [0.15, 0.2) is 0 Å². The van der Waals surface area contributed by atoms with E-state index in [1.807, 2.05) is 19.9 Å². The summed E-state index contributed by atoms with van der Waals surface area (Å²) >= 11 is 1.75. The maximum Gasteiger partial charge on any atom is 0.124 e. The van der Waals surface area contributed by atoms with Crippen LogP contribution in [0.15, 0.2) is 96.6 Å². The Labute approximate surface area is 219 Å². The average molecular weight is 490 g/mol. The largest absolute Gasteiger partial charge is 0.236 e. The zero-order valence-electron chi connectivity index (χ0n) is 22.1. The Kier molecular flexibility index (Phi) is 6.57. The Balaban J connectivity index is 0.00000130. The van der Waals surface area contributed by atoms with Crippen molar-refractivity contribution in [1.82, 2.24) is 4.98 Å². The van der Waals surface area contributed by atoms with Crippen LogP contribution in [-0.4, -0.2) is 4.98 Å². The molecular weight excluding hydrogens is 454 g/mol. The summed E-state index contributed by atoms with van der Waals surface area (Å²) in [4.78, 5) is 4.82. The number of allylic oxidation sites excluding steroid dienone is 5. The van der Waals surface area contributed by atoms with Crippen molar-refractivity contribution in [3.05, 3.63) is 108 Å². The minimum atomic E-state index is -0.0566. The van der Waals surface area contributed by atoms with E-state index in [9.17, 15) is 0 Å². The van der Waals surface area contributed by atoms with Crippen molar-refractivity contribution in [3.8, 4) is 21.7 Å². The van der Waals surface area contributed by atoms with E-state index in [2.05, 4.69) is 100 Å². The molecule has 182 valence electrons. The van der Waals surface area contributed by atoms with Gasteiger partial charge in [-0.3, -0.25) is 0 Å². The first-order valence-corrected chi connectivity index (χ1v) is 13.9. The minimum Gasteiger partial charge on any atom is -0.236 e. The van der Waals surface area contributed by atoms with Crippen molar-refractivity contribution >= 4 is 27.1 Å². The predicted molar refractivity (Wildman–Crippen MR) is 158 cm³/mol. The van der Waals surface area contributed by atoms with Gasteiger partial charge in [-0.1, -0.05) is 94.0 Å². The lowest BCUT2D eigenvalue weighted by atomic mass is 9.64. The number of fused-ring (bicyclic) bond motifs is 3. The number of hydrogen-bond donors (Lipinski definition) is 0. The third kappa shape index (κ3) is 4.18. The Morgan fingerprint density at radius 3 is 2.39 bits per heavy atom. The topological polar surface area (TPSA) is 12.9 Å². The molecule has 2 aliphatic rings. The van der Waals surface area contributed by atoms with Gasteiger partial charge in [0.2, 0.25) is 0 Å².